The van der Waals surface area contributed by atoms with Crippen molar-refractivity contribution >= 4 is 51.9 Å². The Bertz CT molecular complexity index is 1130. The number of nitrogens with zero attached hydrogens (tertiary/aromatic N) is 1. The second-order valence-electron chi connectivity index (χ2n) is 6.54. The van der Waals surface area contributed by atoms with Gasteiger partial charge in [-0.25, -0.2) is 0 Å². The van der Waals surface area contributed by atoms with Crippen molar-refractivity contribution in [2.75, 3.05) is 5.32 Å². The summed E-state index contributed by atoms with van der Waals surface area (Å²) in [5, 5.41) is 12.6. The van der Waals surface area contributed by atoms with Crippen LogP contribution < -0.4 is 10.1 Å². The third-order valence-corrected chi connectivity index (χ3v) is 5.35. The fourth-order valence-corrected chi connectivity index (χ4v) is 3.29. The van der Waals surface area contributed by atoms with Crippen molar-refractivity contribution in [2.45, 2.75) is 13.5 Å². The number of carbonyl (C=O) groups is 1. The van der Waals surface area contributed by atoms with Crippen molar-refractivity contribution in [1.82, 2.24) is 0 Å². The third kappa shape index (κ3) is 5.85. The summed E-state index contributed by atoms with van der Waals surface area (Å²) in [7, 11) is 0. The van der Waals surface area contributed by atoms with Crippen LogP contribution in [-0.4, -0.2) is 5.91 Å². The highest BCUT2D eigenvalue weighted by molar-refractivity contribution is 14.1. The van der Waals surface area contributed by atoms with Crippen molar-refractivity contribution < 1.29 is 9.53 Å². The fraction of sp³-hybridized carbons (Fsp3) is 0.0833. The summed E-state index contributed by atoms with van der Waals surface area (Å²) < 4.78 is 6.95. The van der Waals surface area contributed by atoms with Crippen molar-refractivity contribution in [2.24, 2.45) is 0 Å². The molecule has 3 aromatic rings. The van der Waals surface area contributed by atoms with Crippen molar-refractivity contribution in [3.63, 3.8) is 0 Å². The van der Waals surface area contributed by atoms with E-state index in [0.717, 1.165) is 14.7 Å². The first kappa shape index (κ1) is 21.9. The molecule has 3 aromatic carbocycles. The maximum Gasteiger partial charge on any atom is 0.266 e. The number of nitriles is 1. The van der Waals surface area contributed by atoms with Crippen molar-refractivity contribution in [3.05, 3.63) is 97.6 Å². The molecule has 0 saturated heterocycles. The number of rotatable bonds is 6. The maximum absolute atomic E-state index is 12.5. The number of nitrogens with one attached hydrogen (secondary N) is 1. The predicted molar refractivity (Wildman–Crippen MR) is 128 cm³/mol. The number of halogens is 2. The van der Waals surface area contributed by atoms with Crippen LogP contribution in [0.1, 0.15) is 16.7 Å². The van der Waals surface area contributed by atoms with Crippen LogP contribution in [0.25, 0.3) is 6.08 Å². The lowest BCUT2D eigenvalue weighted by Crippen LogP contribution is -2.14. The van der Waals surface area contributed by atoms with Gasteiger partial charge in [-0.15, -0.1) is 0 Å². The Morgan fingerprint density at radius 2 is 1.90 bits per heavy atom. The minimum Gasteiger partial charge on any atom is -0.487 e. The lowest BCUT2D eigenvalue weighted by molar-refractivity contribution is -0.112. The highest BCUT2D eigenvalue weighted by Gasteiger charge is 2.11. The van der Waals surface area contributed by atoms with E-state index >= 15 is 0 Å². The molecule has 0 radical (unpaired) electrons. The number of aryl methyl sites for hydroxylation is 1. The molecule has 0 aromatic heterocycles. The van der Waals surface area contributed by atoms with E-state index in [-0.39, 0.29) is 5.57 Å². The van der Waals surface area contributed by atoms with Gasteiger partial charge in [0.2, 0.25) is 0 Å². The zero-order valence-corrected chi connectivity index (χ0v) is 19.1. The quantitative estimate of drug-likeness (QED) is 0.229. The summed E-state index contributed by atoms with van der Waals surface area (Å²) in [4.78, 5) is 12.5. The first-order valence-corrected chi connectivity index (χ1v) is 10.6. The first-order chi connectivity index (χ1) is 14.5. The summed E-state index contributed by atoms with van der Waals surface area (Å²) in [6.45, 7) is 2.29. The summed E-state index contributed by atoms with van der Waals surface area (Å²) in [5.74, 6) is 0.0668. The van der Waals surface area contributed by atoms with Gasteiger partial charge in [0.1, 0.15) is 24.0 Å². The van der Waals surface area contributed by atoms with Gasteiger partial charge < -0.3 is 10.1 Å². The molecular weight excluding hydrogens is 511 g/mol. The molecule has 0 fully saturated rings. The number of hydrogen-bond donors (Lipinski definition) is 1. The van der Waals surface area contributed by atoms with Crippen LogP contribution in [0, 0.1) is 21.8 Å². The summed E-state index contributed by atoms with van der Waals surface area (Å²) >= 11 is 8.59. The predicted octanol–water partition coefficient (Wildman–Crippen LogP) is 6.38. The Kier molecular flexibility index (Phi) is 7.50. The Hall–Kier alpha value is -2.82. The van der Waals surface area contributed by atoms with Crippen LogP contribution in [0.5, 0.6) is 5.75 Å². The minimum absolute atomic E-state index is 0.0122. The van der Waals surface area contributed by atoms with E-state index in [9.17, 15) is 10.1 Å². The first-order valence-electron chi connectivity index (χ1n) is 9.12. The molecule has 1 amide bonds. The van der Waals surface area contributed by atoms with E-state index in [1.54, 1.807) is 24.3 Å². The molecule has 0 unspecified atom stereocenters. The van der Waals surface area contributed by atoms with Gasteiger partial charge in [0, 0.05) is 9.26 Å². The topological polar surface area (TPSA) is 62.1 Å². The van der Waals surface area contributed by atoms with E-state index < -0.39 is 5.91 Å². The SMILES string of the molecule is Cc1ccccc1NC(=O)/C(C#N)=C/c1ccc(OCc2ccc(I)cc2)c(Cl)c1. The third-order valence-electron chi connectivity index (χ3n) is 4.33. The van der Waals surface area contributed by atoms with Gasteiger partial charge in [0.05, 0.1) is 5.02 Å². The summed E-state index contributed by atoms with van der Waals surface area (Å²) in [6, 6.07) is 22.5. The van der Waals surface area contributed by atoms with E-state index in [0.29, 0.717) is 28.6 Å². The Morgan fingerprint density at radius 3 is 2.57 bits per heavy atom. The monoisotopic (exact) mass is 528 g/mol. The zero-order valence-electron chi connectivity index (χ0n) is 16.2. The molecule has 0 bridgehead atoms. The summed E-state index contributed by atoms with van der Waals surface area (Å²) in [6.07, 6.45) is 1.50. The highest BCUT2D eigenvalue weighted by atomic mass is 127. The lowest BCUT2D eigenvalue weighted by atomic mass is 10.1. The van der Waals surface area contributed by atoms with E-state index in [1.807, 2.05) is 55.5 Å². The number of benzene rings is 3. The number of carbonyl (C=O) groups excluding carboxylic acids is 1. The Labute approximate surface area is 194 Å². The molecule has 0 heterocycles. The number of ether oxygens (including phenoxy) is 1. The van der Waals surface area contributed by atoms with Crippen LogP contribution in [0.15, 0.2) is 72.3 Å². The average Bonchev–Trinajstić information content (AvgIpc) is 2.74. The molecule has 6 heteroatoms. The molecule has 4 nitrogen and oxygen atoms in total. The maximum atomic E-state index is 12.5. The zero-order chi connectivity index (χ0) is 21.5. The van der Waals surface area contributed by atoms with E-state index in [4.69, 9.17) is 16.3 Å². The van der Waals surface area contributed by atoms with E-state index in [2.05, 4.69) is 27.9 Å². The van der Waals surface area contributed by atoms with Gasteiger partial charge in [-0.05, 0) is 82.6 Å². The van der Waals surface area contributed by atoms with Crippen LogP contribution in [0.4, 0.5) is 5.69 Å². The average molecular weight is 529 g/mol. The molecule has 0 saturated carbocycles. The van der Waals surface area contributed by atoms with Crippen LogP contribution in [0.3, 0.4) is 0 Å². The van der Waals surface area contributed by atoms with Gasteiger partial charge in [-0.3, -0.25) is 4.79 Å². The molecule has 150 valence electrons. The number of amides is 1. The molecule has 1 N–H and O–H groups in total. The minimum atomic E-state index is -0.470. The molecule has 0 spiro atoms. The van der Waals surface area contributed by atoms with Crippen LogP contribution >= 0.6 is 34.2 Å². The van der Waals surface area contributed by atoms with Crippen molar-refractivity contribution in [3.8, 4) is 11.8 Å². The lowest BCUT2D eigenvalue weighted by Gasteiger charge is -2.09. The molecule has 30 heavy (non-hydrogen) atoms. The number of anilines is 1. The number of para-hydroxylation sites is 1. The van der Waals surface area contributed by atoms with Crippen LogP contribution in [0.2, 0.25) is 5.02 Å². The molecular formula is C24H18ClIN2O2. The van der Waals surface area contributed by atoms with Gasteiger partial charge in [-0.1, -0.05) is 48.0 Å². The van der Waals surface area contributed by atoms with Gasteiger partial charge in [0.15, 0.2) is 0 Å². The van der Waals surface area contributed by atoms with Gasteiger partial charge in [0.25, 0.3) is 5.91 Å². The van der Waals surface area contributed by atoms with Gasteiger partial charge >= 0.3 is 0 Å². The highest BCUT2D eigenvalue weighted by Crippen LogP contribution is 2.27. The second kappa shape index (κ2) is 10.3. The molecule has 0 aliphatic heterocycles. The smallest absolute Gasteiger partial charge is 0.266 e. The second-order valence-corrected chi connectivity index (χ2v) is 8.20. The Balaban J connectivity index is 1.71. The van der Waals surface area contributed by atoms with E-state index in [1.165, 1.54) is 6.08 Å². The Morgan fingerprint density at radius 1 is 1.17 bits per heavy atom. The largest absolute Gasteiger partial charge is 0.487 e. The standard InChI is InChI=1S/C24H18ClIN2O2/c1-16-4-2-3-5-22(16)28-24(29)19(14-27)12-18-8-11-23(21(25)13-18)30-15-17-6-9-20(26)10-7-17/h2-13H,15H2,1H3,(H,28,29)/b19-12+. The van der Waals surface area contributed by atoms with Gasteiger partial charge in [-0.2, -0.15) is 5.26 Å². The fourth-order valence-electron chi connectivity index (χ4n) is 2.68. The number of hydrogen-bond acceptors (Lipinski definition) is 3. The summed E-state index contributed by atoms with van der Waals surface area (Å²) in [5.41, 5.74) is 3.25. The van der Waals surface area contributed by atoms with Crippen molar-refractivity contribution in [1.29, 1.82) is 5.26 Å². The molecule has 3 rings (SSSR count). The van der Waals surface area contributed by atoms with Crippen LogP contribution in [-0.2, 0) is 11.4 Å². The molecule has 0 aliphatic carbocycles. The molecule has 0 atom stereocenters. The normalized spacial score (nSPS) is 10.9. The molecule has 0 aliphatic rings.